The van der Waals surface area contributed by atoms with Crippen LogP contribution in [0.2, 0.25) is 0 Å². The van der Waals surface area contributed by atoms with Crippen LogP contribution in [0, 0.1) is 0 Å². The van der Waals surface area contributed by atoms with Crippen LogP contribution in [0.15, 0.2) is 30.3 Å². The number of hydrogen-bond acceptors (Lipinski definition) is 4. The SMILES string of the molecule is OCc1cc(OCC2CCCCO2)nc2ccccc12. The van der Waals surface area contributed by atoms with E-state index in [1.807, 2.05) is 30.3 Å². The van der Waals surface area contributed by atoms with Gasteiger partial charge in [-0.1, -0.05) is 18.2 Å². The smallest absolute Gasteiger partial charge is 0.214 e. The van der Waals surface area contributed by atoms with E-state index in [1.165, 1.54) is 6.42 Å². The van der Waals surface area contributed by atoms with Crippen LogP contribution in [0.1, 0.15) is 24.8 Å². The Morgan fingerprint density at radius 3 is 3.00 bits per heavy atom. The summed E-state index contributed by atoms with van der Waals surface area (Å²) in [7, 11) is 0. The van der Waals surface area contributed by atoms with Crippen LogP contribution in [-0.4, -0.2) is 29.4 Å². The fourth-order valence-corrected chi connectivity index (χ4v) is 2.54. The van der Waals surface area contributed by atoms with Crippen molar-refractivity contribution in [3.05, 3.63) is 35.9 Å². The molecule has 2 aromatic rings. The van der Waals surface area contributed by atoms with E-state index >= 15 is 0 Å². The van der Waals surface area contributed by atoms with Gasteiger partial charge in [-0.15, -0.1) is 0 Å². The quantitative estimate of drug-likeness (QED) is 0.930. The molecule has 1 aromatic heterocycles. The first-order valence-electron chi connectivity index (χ1n) is 7.11. The zero-order valence-electron chi connectivity index (χ0n) is 11.4. The van der Waals surface area contributed by atoms with Crippen molar-refractivity contribution in [2.24, 2.45) is 0 Å². The molecule has 1 unspecified atom stereocenters. The summed E-state index contributed by atoms with van der Waals surface area (Å²) in [5.74, 6) is 0.557. The number of pyridine rings is 1. The van der Waals surface area contributed by atoms with Crippen molar-refractivity contribution in [2.45, 2.75) is 32.0 Å². The predicted octanol–water partition coefficient (Wildman–Crippen LogP) is 2.68. The molecule has 0 saturated carbocycles. The summed E-state index contributed by atoms with van der Waals surface area (Å²) < 4.78 is 11.4. The second-order valence-corrected chi connectivity index (χ2v) is 5.09. The minimum atomic E-state index is -0.0146. The van der Waals surface area contributed by atoms with E-state index in [9.17, 15) is 5.11 Å². The number of nitrogens with zero attached hydrogens (tertiary/aromatic N) is 1. The second-order valence-electron chi connectivity index (χ2n) is 5.09. The topological polar surface area (TPSA) is 51.6 Å². The molecule has 1 fully saturated rings. The van der Waals surface area contributed by atoms with Gasteiger partial charge in [0.25, 0.3) is 0 Å². The Hall–Kier alpha value is -1.65. The molecular weight excluding hydrogens is 254 g/mol. The molecule has 3 rings (SSSR count). The number of aromatic nitrogens is 1. The molecule has 0 aliphatic carbocycles. The van der Waals surface area contributed by atoms with Crippen molar-refractivity contribution >= 4 is 10.9 Å². The molecule has 1 N–H and O–H groups in total. The first-order chi connectivity index (χ1) is 9.86. The van der Waals surface area contributed by atoms with Crippen molar-refractivity contribution in [1.82, 2.24) is 4.98 Å². The van der Waals surface area contributed by atoms with Gasteiger partial charge in [-0.3, -0.25) is 0 Å². The summed E-state index contributed by atoms with van der Waals surface area (Å²) in [6, 6.07) is 9.58. The minimum Gasteiger partial charge on any atom is -0.475 e. The monoisotopic (exact) mass is 273 g/mol. The van der Waals surface area contributed by atoms with Crippen LogP contribution < -0.4 is 4.74 Å². The highest BCUT2D eigenvalue weighted by atomic mass is 16.5. The molecule has 4 heteroatoms. The summed E-state index contributed by atoms with van der Waals surface area (Å²) >= 11 is 0. The lowest BCUT2D eigenvalue weighted by atomic mass is 10.1. The third-order valence-corrected chi connectivity index (χ3v) is 3.64. The minimum absolute atomic E-state index is 0.0146. The molecule has 20 heavy (non-hydrogen) atoms. The fraction of sp³-hybridized carbons (Fsp3) is 0.438. The highest BCUT2D eigenvalue weighted by Crippen LogP contribution is 2.22. The molecule has 0 bridgehead atoms. The van der Waals surface area contributed by atoms with Gasteiger partial charge in [-0.2, -0.15) is 0 Å². The van der Waals surface area contributed by atoms with Gasteiger partial charge in [0, 0.05) is 18.1 Å². The fourth-order valence-electron chi connectivity index (χ4n) is 2.54. The zero-order valence-corrected chi connectivity index (χ0v) is 11.4. The standard InChI is InChI=1S/C16H19NO3/c18-10-12-9-16(17-15-7-2-1-6-14(12)15)20-11-13-5-3-4-8-19-13/h1-2,6-7,9,13,18H,3-5,8,10-11H2. The first-order valence-corrected chi connectivity index (χ1v) is 7.11. The summed E-state index contributed by atoms with van der Waals surface area (Å²) in [4.78, 5) is 4.48. The van der Waals surface area contributed by atoms with E-state index in [-0.39, 0.29) is 12.7 Å². The molecule has 0 radical (unpaired) electrons. The Labute approximate surface area is 118 Å². The lowest BCUT2D eigenvalue weighted by Crippen LogP contribution is -2.26. The second kappa shape index (κ2) is 6.20. The van der Waals surface area contributed by atoms with E-state index in [0.29, 0.717) is 12.5 Å². The molecule has 4 nitrogen and oxygen atoms in total. The van der Waals surface area contributed by atoms with Gasteiger partial charge in [-0.05, 0) is 30.9 Å². The number of hydrogen-bond donors (Lipinski definition) is 1. The number of para-hydroxylation sites is 1. The van der Waals surface area contributed by atoms with Gasteiger partial charge in [0.1, 0.15) is 6.61 Å². The van der Waals surface area contributed by atoms with Crippen LogP contribution in [0.4, 0.5) is 0 Å². The third kappa shape index (κ3) is 2.92. The lowest BCUT2D eigenvalue weighted by molar-refractivity contribution is -0.0119. The molecule has 1 saturated heterocycles. The van der Waals surface area contributed by atoms with Crippen LogP contribution in [0.25, 0.3) is 10.9 Å². The average molecular weight is 273 g/mol. The molecule has 1 aromatic carbocycles. The Morgan fingerprint density at radius 2 is 2.20 bits per heavy atom. The van der Waals surface area contributed by atoms with Crippen molar-refractivity contribution in [2.75, 3.05) is 13.2 Å². The summed E-state index contributed by atoms with van der Waals surface area (Å²) in [6.07, 6.45) is 3.54. The maximum absolute atomic E-state index is 9.47. The van der Waals surface area contributed by atoms with Crippen LogP contribution >= 0.6 is 0 Å². The van der Waals surface area contributed by atoms with Crippen LogP contribution in [-0.2, 0) is 11.3 Å². The van der Waals surface area contributed by atoms with Gasteiger partial charge in [0.05, 0.1) is 18.2 Å². The zero-order chi connectivity index (χ0) is 13.8. The number of fused-ring (bicyclic) bond motifs is 1. The molecule has 0 amide bonds. The van der Waals surface area contributed by atoms with Crippen LogP contribution in [0.3, 0.4) is 0 Å². The van der Waals surface area contributed by atoms with Crippen molar-refractivity contribution in [1.29, 1.82) is 0 Å². The summed E-state index contributed by atoms with van der Waals surface area (Å²) in [5.41, 5.74) is 1.69. The van der Waals surface area contributed by atoms with Gasteiger partial charge in [0.15, 0.2) is 0 Å². The summed E-state index contributed by atoms with van der Waals surface area (Å²) in [6.45, 7) is 1.33. The average Bonchev–Trinajstić information content (AvgIpc) is 2.53. The highest BCUT2D eigenvalue weighted by Gasteiger charge is 2.15. The number of rotatable bonds is 4. The molecule has 2 heterocycles. The number of aliphatic hydroxyl groups is 1. The van der Waals surface area contributed by atoms with Crippen molar-refractivity contribution < 1.29 is 14.6 Å². The Morgan fingerprint density at radius 1 is 1.30 bits per heavy atom. The number of benzene rings is 1. The molecule has 106 valence electrons. The highest BCUT2D eigenvalue weighted by molar-refractivity contribution is 5.82. The van der Waals surface area contributed by atoms with Crippen LogP contribution in [0.5, 0.6) is 5.88 Å². The van der Waals surface area contributed by atoms with Gasteiger partial charge < -0.3 is 14.6 Å². The van der Waals surface area contributed by atoms with Gasteiger partial charge in [0.2, 0.25) is 5.88 Å². The van der Waals surface area contributed by atoms with E-state index in [0.717, 1.165) is 35.9 Å². The van der Waals surface area contributed by atoms with Gasteiger partial charge in [-0.25, -0.2) is 4.98 Å². The Kier molecular flexibility index (Phi) is 4.14. The Balaban J connectivity index is 1.77. The van der Waals surface area contributed by atoms with E-state index in [1.54, 1.807) is 0 Å². The molecule has 1 aliphatic rings. The lowest BCUT2D eigenvalue weighted by Gasteiger charge is -2.22. The first kappa shape index (κ1) is 13.3. The maximum Gasteiger partial charge on any atom is 0.214 e. The normalized spacial score (nSPS) is 19.1. The van der Waals surface area contributed by atoms with E-state index in [4.69, 9.17) is 9.47 Å². The molecule has 0 spiro atoms. The number of aliphatic hydroxyl groups excluding tert-OH is 1. The van der Waals surface area contributed by atoms with Gasteiger partial charge >= 0.3 is 0 Å². The molecular formula is C16H19NO3. The predicted molar refractivity (Wildman–Crippen MR) is 76.8 cm³/mol. The number of ether oxygens (including phenoxy) is 2. The van der Waals surface area contributed by atoms with E-state index < -0.39 is 0 Å². The largest absolute Gasteiger partial charge is 0.475 e. The van der Waals surface area contributed by atoms with Crippen molar-refractivity contribution in [3.8, 4) is 5.88 Å². The van der Waals surface area contributed by atoms with E-state index in [2.05, 4.69) is 4.98 Å². The third-order valence-electron chi connectivity index (χ3n) is 3.64. The molecule has 1 aliphatic heterocycles. The Bertz CT molecular complexity index is 579. The summed E-state index contributed by atoms with van der Waals surface area (Å²) in [5, 5.41) is 10.4. The maximum atomic E-state index is 9.47. The molecule has 1 atom stereocenters. The van der Waals surface area contributed by atoms with Crippen molar-refractivity contribution in [3.63, 3.8) is 0 Å².